The van der Waals surface area contributed by atoms with Crippen LogP contribution in [-0.4, -0.2) is 18.6 Å². The Balaban J connectivity index is 1.88. The van der Waals surface area contributed by atoms with Crippen molar-refractivity contribution in [3.8, 4) is 11.5 Å². The van der Waals surface area contributed by atoms with Crippen molar-refractivity contribution in [1.29, 1.82) is 0 Å². The number of fused-ring (bicyclic) bond motifs is 1. The van der Waals surface area contributed by atoms with E-state index in [2.05, 4.69) is 5.32 Å². The van der Waals surface area contributed by atoms with E-state index in [1.54, 1.807) is 18.2 Å². The van der Waals surface area contributed by atoms with Crippen LogP contribution in [0.25, 0.3) is 0 Å². The molecule has 0 bridgehead atoms. The van der Waals surface area contributed by atoms with Crippen molar-refractivity contribution >= 4 is 11.6 Å². The Morgan fingerprint density at radius 1 is 1.32 bits per heavy atom. The Kier molecular flexibility index (Phi) is 4.29. The van der Waals surface area contributed by atoms with Gasteiger partial charge in [-0.1, -0.05) is 0 Å². The SMILES string of the molecule is COc1ccc(C(=O)NC2CC(C)(C)Oc3ccc(N)cc32)cc1F. The molecule has 3 N–H and O–H groups in total. The Bertz CT molecular complexity index is 820. The largest absolute Gasteiger partial charge is 0.494 e. The zero-order chi connectivity index (χ0) is 18.2. The topological polar surface area (TPSA) is 73.6 Å². The molecule has 1 atom stereocenters. The van der Waals surface area contributed by atoms with Crippen molar-refractivity contribution < 1.29 is 18.7 Å². The summed E-state index contributed by atoms with van der Waals surface area (Å²) in [5.74, 6) is -0.150. The molecule has 0 saturated heterocycles. The highest BCUT2D eigenvalue weighted by Gasteiger charge is 2.34. The van der Waals surface area contributed by atoms with Gasteiger partial charge in [-0.05, 0) is 50.2 Å². The summed E-state index contributed by atoms with van der Waals surface area (Å²) in [7, 11) is 1.38. The molecule has 6 heteroatoms. The van der Waals surface area contributed by atoms with Crippen LogP contribution in [-0.2, 0) is 0 Å². The maximum absolute atomic E-state index is 13.9. The van der Waals surface area contributed by atoms with E-state index >= 15 is 0 Å². The van der Waals surface area contributed by atoms with Gasteiger partial charge in [-0.3, -0.25) is 4.79 Å². The molecule has 0 radical (unpaired) electrons. The highest BCUT2D eigenvalue weighted by molar-refractivity contribution is 5.94. The van der Waals surface area contributed by atoms with E-state index in [9.17, 15) is 9.18 Å². The zero-order valence-corrected chi connectivity index (χ0v) is 14.4. The van der Waals surface area contributed by atoms with E-state index in [4.69, 9.17) is 15.2 Å². The molecule has 132 valence electrons. The first kappa shape index (κ1) is 17.1. The third-order valence-corrected chi connectivity index (χ3v) is 4.21. The highest BCUT2D eigenvalue weighted by atomic mass is 19.1. The van der Waals surface area contributed by atoms with Crippen LogP contribution in [0.1, 0.15) is 42.2 Å². The fourth-order valence-electron chi connectivity index (χ4n) is 3.05. The van der Waals surface area contributed by atoms with Crippen LogP contribution in [0.15, 0.2) is 36.4 Å². The standard InChI is InChI=1S/C19H21FN2O3/c1-19(2)10-15(13-9-12(21)5-7-16(13)25-19)22-18(23)11-4-6-17(24-3)14(20)8-11/h4-9,15H,10,21H2,1-3H3,(H,22,23). The van der Waals surface area contributed by atoms with Gasteiger partial charge < -0.3 is 20.5 Å². The van der Waals surface area contributed by atoms with Gasteiger partial charge in [-0.15, -0.1) is 0 Å². The van der Waals surface area contributed by atoms with Gasteiger partial charge in [0.1, 0.15) is 11.4 Å². The van der Waals surface area contributed by atoms with Crippen molar-refractivity contribution in [3.05, 3.63) is 53.3 Å². The molecule has 2 aromatic carbocycles. The number of ether oxygens (including phenoxy) is 2. The Hall–Kier alpha value is -2.76. The molecule has 5 nitrogen and oxygen atoms in total. The Morgan fingerprint density at radius 3 is 2.76 bits per heavy atom. The summed E-state index contributed by atoms with van der Waals surface area (Å²) in [6, 6.07) is 9.21. The predicted molar refractivity (Wildman–Crippen MR) is 93.3 cm³/mol. The number of methoxy groups -OCH3 is 1. The molecule has 0 aliphatic carbocycles. The first-order valence-electron chi connectivity index (χ1n) is 8.02. The summed E-state index contributed by atoms with van der Waals surface area (Å²) in [6.07, 6.45) is 0.577. The van der Waals surface area contributed by atoms with E-state index in [-0.39, 0.29) is 23.3 Å². The highest BCUT2D eigenvalue weighted by Crippen LogP contribution is 2.40. The van der Waals surface area contributed by atoms with Crippen LogP contribution in [0.3, 0.4) is 0 Å². The summed E-state index contributed by atoms with van der Waals surface area (Å²) < 4.78 is 24.7. The number of rotatable bonds is 3. The third-order valence-electron chi connectivity index (χ3n) is 4.21. The molecule has 2 aromatic rings. The van der Waals surface area contributed by atoms with Crippen molar-refractivity contribution in [2.75, 3.05) is 12.8 Å². The summed E-state index contributed by atoms with van der Waals surface area (Å²) in [5.41, 5.74) is 7.08. The van der Waals surface area contributed by atoms with Crippen LogP contribution in [0.4, 0.5) is 10.1 Å². The molecule has 1 heterocycles. The van der Waals surface area contributed by atoms with Crippen LogP contribution in [0, 0.1) is 5.82 Å². The van der Waals surface area contributed by atoms with Crippen LogP contribution < -0.4 is 20.5 Å². The molecule has 3 rings (SSSR count). The molecular formula is C19H21FN2O3. The predicted octanol–water partition coefficient (Wildman–Crippen LogP) is 3.45. The number of hydrogen-bond donors (Lipinski definition) is 2. The van der Waals surface area contributed by atoms with Gasteiger partial charge in [0.05, 0.1) is 13.2 Å². The molecule has 1 aliphatic rings. The number of nitrogens with one attached hydrogen (secondary N) is 1. The van der Waals surface area contributed by atoms with Crippen molar-refractivity contribution in [2.45, 2.75) is 31.9 Å². The zero-order valence-electron chi connectivity index (χ0n) is 14.4. The third kappa shape index (κ3) is 3.52. The first-order chi connectivity index (χ1) is 11.8. The Labute approximate surface area is 145 Å². The van der Waals surface area contributed by atoms with Gasteiger partial charge in [0.2, 0.25) is 0 Å². The minimum atomic E-state index is -0.577. The normalized spacial score (nSPS) is 18.0. The van der Waals surface area contributed by atoms with Gasteiger partial charge in [0.15, 0.2) is 11.6 Å². The lowest BCUT2D eigenvalue weighted by Crippen LogP contribution is -2.41. The molecule has 1 amide bonds. The van der Waals surface area contributed by atoms with Gasteiger partial charge in [-0.25, -0.2) is 4.39 Å². The second-order valence-electron chi connectivity index (χ2n) is 6.74. The summed E-state index contributed by atoms with van der Waals surface area (Å²) in [4.78, 5) is 12.6. The molecule has 0 aromatic heterocycles. The Morgan fingerprint density at radius 2 is 2.08 bits per heavy atom. The van der Waals surface area contributed by atoms with E-state index in [1.165, 1.54) is 25.3 Å². The van der Waals surface area contributed by atoms with Gasteiger partial charge >= 0.3 is 0 Å². The lowest BCUT2D eigenvalue weighted by atomic mass is 9.89. The number of amides is 1. The van der Waals surface area contributed by atoms with Crippen molar-refractivity contribution in [3.63, 3.8) is 0 Å². The maximum Gasteiger partial charge on any atom is 0.251 e. The second kappa shape index (κ2) is 6.27. The van der Waals surface area contributed by atoms with Gasteiger partial charge in [-0.2, -0.15) is 0 Å². The number of carbonyl (C=O) groups is 1. The average Bonchev–Trinajstić information content (AvgIpc) is 2.54. The van der Waals surface area contributed by atoms with E-state index in [1.807, 2.05) is 13.8 Å². The monoisotopic (exact) mass is 344 g/mol. The average molecular weight is 344 g/mol. The van der Waals surface area contributed by atoms with E-state index in [0.717, 1.165) is 5.56 Å². The van der Waals surface area contributed by atoms with Crippen molar-refractivity contribution in [1.82, 2.24) is 5.32 Å². The number of carbonyl (C=O) groups excluding carboxylic acids is 1. The van der Waals surface area contributed by atoms with Crippen LogP contribution >= 0.6 is 0 Å². The molecule has 0 fully saturated rings. The van der Waals surface area contributed by atoms with Gasteiger partial charge in [0.25, 0.3) is 5.91 Å². The second-order valence-corrected chi connectivity index (χ2v) is 6.74. The summed E-state index contributed by atoms with van der Waals surface area (Å²) in [6.45, 7) is 3.91. The van der Waals surface area contributed by atoms with Crippen LogP contribution in [0.2, 0.25) is 0 Å². The fourth-order valence-corrected chi connectivity index (χ4v) is 3.05. The number of nitrogen functional groups attached to an aromatic ring is 1. The minimum absolute atomic E-state index is 0.0990. The molecule has 1 unspecified atom stereocenters. The molecule has 1 aliphatic heterocycles. The lowest BCUT2D eigenvalue weighted by molar-refractivity contribution is 0.0620. The number of halogens is 1. The molecule has 25 heavy (non-hydrogen) atoms. The van der Waals surface area contributed by atoms with Gasteiger partial charge in [0, 0.05) is 23.2 Å². The summed E-state index contributed by atoms with van der Waals surface area (Å²) >= 11 is 0. The molecule has 0 spiro atoms. The summed E-state index contributed by atoms with van der Waals surface area (Å²) in [5, 5.41) is 2.96. The van der Waals surface area contributed by atoms with Crippen molar-refractivity contribution in [2.24, 2.45) is 0 Å². The molecular weight excluding hydrogens is 323 g/mol. The quantitative estimate of drug-likeness (QED) is 0.837. The number of nitrogens with two attached hydrogens (primary N) is 1. The van der Waals surface area contributed by atoms with E-state index < -0.39 is 11.4 Å². The number of anilines is 1. The van der Waals surface area contributed by atoms with E-state index in [0.29, 0.717) is 17.9 Å². The molecule has 0 saturated carbocycles. The number of hydrogen-bond acceptors (Lipinski definition) is 4. The fraction of sp³-hybridized carbons (Fsp3) is 0.316. The number of benzene rings is 2. The smallest absolute Gasteiger partial charge is 0.251 e. The minimum Gasteiger partial charge on any atom is -0.494 e. The maximum atomic E-state index is 13.9. The van der Waals surface area contributed by atoms with Crippen LogP contribution in [0.5, 0.6) is 11.5 Å². The lowest BCUT2D eigenvalue weighted by Gasteiger charge is -2.38. The first-order valence-corrected chi connectivity index (χ1v) is 8.02.